The first-order valence-electron chi connectivity index (χ1n) is 7.00. The SMILES string of the molecule is Cc1cc(C)n(C2CCCCC2)c(=O)c1C(C)N. The molecule has 100 valence electrons. The van der Waals surface area contributed by atoms with E-state index in [1.54, 1.807) is 0 Å². The van der Waals surface area contributed by atoms with E-state index in [9.17, 15) is 4.79 Å². The second-order valence-corrected chi connectivity index (χ2v) is 5.64. The van der Waals surface area contributed by atoms with Crippen LogP contribution in [0.15, 0.2) is 10.9 Å². The summed E-state index contributed by atoms with van der Waals surface area (Å²) in [7, 11) is 0. The molecule has 0 aromatic carbocycles. The van der Waals surface area contributed by atoms with Gasteiger partial charge in [-0.15, -0.1) is 0 Å². The van der Waals surface area contributed by atoms with Crippen LogP contribution in [0.5, 0.6) is 0 Å². The van der Waals surface area contributed by atoms with E-state index in [4.69, 9.17) is 5.73 Å². The van der Waals surface area contributed by atoms with Gasteiger partial charge in [-0.05, 0) is 45.2 Å². The minimum Gasteiger partial charge on any atom is -0.324 e. The number of nitrogens with zero attached hydrogens (tertiary/aromatic N) is 1. The summed E-state index contributed by atoms with van der Waals surface area (Å²) in [5, 5.41) is 0. The molecule has 1 aromatic rings. The Morgan fingerprint density at radius 3 is 2.44 bits per heavy atom. The molecule has 18 heavy (non-hydrogen) atoms. The van der Waals surface area contributed by atoms with Gasteiger partial charge in [0.2, 0.25) is 0 Å². The highest BCUT2D eigenvalue weighted by Gasteiger charge is 2.21. The first-order chi connectivity index (χ1) is 8.52. The lowest BCUT2D eigenvalue weighted by molar-refractivity contribution is 0.340. The van der Waals surface area contributed by atoms with E-state index >= 15 is 0 Å². The molecule has 3 nitrogen and oxygen atoms in total. The smallest absolute Gasteiger partial charge is 0.256 e. The lowest BCUT2D eigenvalue weighted by Crippen LogP contribution is -2.33. The lowest BCUT2D eigenvalue weighted by atomic mass is 9.94. The first kappa shape index (κ1) is 13.3. The van der Waals surface area contributed by atoms with E-state index in [-0.39, 0.29) is 11.6 Å². The highest BCUT2D eigenvalue weighted by molar-refractivity contribution is 5.29. The minimum atomic E-state index is -0.187. The predicted molar refractivity (Wildman–Crippen MR) is 74.9 cm³/mol. The quantitative estimate of drug-likeness (QED) is 0.874. The standard InChI is InChI=1S/C15H24N2O/c1-10-9-11(2)17(13-7-5-4-6-8-13)15(18)14(10)12(3)16/h9,12-13H,4-8,16H2,1-3H3. The molecule has 1 fully saturated rings. The van der Waals surface area contributed by atoms with Gasteiger partial charge in [-0.2, -0.15) is 0 Å². The third-order valence-electron chi connectivity index (χ3n) is 4.07. The molecular formula is C15H24N2O. The number of hydrogen-bond donors (Lipinski definition) is 1. The molecule has 0 amide bonds. The van der Waals surface area contributed by atoms with Crippen molar-refractivity contribution < 1.29 is 0 Å². The maximum Gasteiger partial charge on any atom is 0.256 e. The zero-order valence-electron chi connectivity index (χ0n) is 11.7. The number of pyridine rings is 1. The molecule has 3 heteroatoms. The van der Waals surface area contributed by atoms with Gasteiger partial charge in [0.1, 0.15) is 0 Å². The van der Waals surface area contributed by atoms with E-state index in [1.165, 1.54) is 19.3 Å². The first-order valence-corrected chi connectivity index (χ1v) is 7.00. The summed E-state index contributed by atoms with van der Waals surface area (Å²) in [5.74, 6) is 0. The Balaban J connectivity index is 2.52. The van der Waals surface area contributed by atoms with Crippen LogP contribution in [0.4, 0.5) is 0 Å². The number of aromatic nitrogens is 1. The summed E-state index contributed by atoms with van der Waals surface area (Å²) in [6.07, 6.45) is 6.02. The minimum absolute atomic E-state index is 0.134. The van der Waals surface area contributed by atoms with E-state index in [1.807, 2.05) is 25.3 Å². The van der Waals surface area contributed by atoms with Crippen LogP contribution in [0.1, 0.15) is 67.9 Å². The van der Waals surface area contributed by atoms with E-state index in [2.05, 4.69) is 6.07 Å². The van der Waals surface area contributed by atoms with Crippen molar-refractivity contribution in [2.45, 2.75) is 65.0 Å². The highest BCUT2D eigenvalue weighted by Crippen LogP contribution is 2.28. The molecule has 2 rings (SSSR count). The van der Waals surface area contributed by atoms with Crippen molar-refractivity contribution in [3.63, 3.8) is 0 Å². The van der Waals surface area contributed by atoms with Crippen LogP contribution >= 0.6 is 0 Å². The van der Waals surface area contributed by atoms with Crippen LogP contribution in [0, 0.1) is 13.8 Å². The molecule has 1 unspecified atom stereocenters. The van der Waals surface area contributed by atoms with Crippen LogP contribution in [0.25, 0.3) is 0 Å². The Labute approximate surface area is 109 Å². The van der Waals surface area contributed by atoms with Crippen LogP contribution in [0.2, 0.25) is 0 Å². The fourth-order valence-electron chi connectivity index (χ4n) is 3.27. The molecular weight excluding hydrogens is 224 g/mol. The van der Waals surface area contributed by atoms with Gasteiger partial charge in [-0.1, -0.05) is 19.3 Å². The second kappa shape index (κ2) is 5.27. The zero-order chi connectivity index (χ0) is 13.3. The number of hydrogen-bond acceptors (Lipinski definition) is 2. The average molecular weight is 248 g/mol. The van der Waals surface area contributed by atoms with Crippen LogP contribution in [-0.4, -0.2) is 4.57 Å². The summed E-state index contributed by atoms with van der Waals surface area (Å²) in [6, 6.07) is 2.30. The fraction of sp³-hybridized carbons (Fsp3) is 0.667. The largest absolute Gasteiger partial charge is 0.324 e. The van der Waals surface area contributed by atoms with Gasteiger partial charge in [-0.3, -0.25) is 4.79 Å². The number of nitrogens with two attached hydrogens (primary N) is 1. The molecule has 0 bridgehead atoms. The Bertz CT molecular complexity index is 482. The van der Waals surface area contributed by atoms with Crippen molar-refractivity contribution in [2.75, 3.05) is 0 Å². The Kier molecular flexibility index (Phi) is 3.91. The van der Waals surface area contributed by atoms with Crippen molar-refractivity contribution in [3.05, 3.63) is 33.2 Å². The van der Waals surface area contributed by atoms with Crippen molar-refractivity contribution in [2.24, 2.45) is 5.73 Å². The zero-order valence-corrected chi connectivity index (χ0v) is 11.7. The maximum atomic E-state index is 12.6. The maximum absolute atomic E-state index is 12.6. The fourth-order valence-corrected chi connectivity index (χ4v) is 3.27. The Hall–Kier alpha value is -1.09. The number of rotatable bonds is 2. The van der Waals surface area contributed by atoms with Crippen molar-refractivity contribution in [1.29, 1.82) is 0 Å². The molecule has 2 N–H and O–H groups in total. The Morgan fingerprint density at radius 2 is 1.89 bits per heavy atom. The van der Waals surface area contributed by atoms with Crippen molar-refractivity contribution in [3.8, 4) is 0 Å². The predicted octanol–water partition coefficient (Wildman–Crippen LogP) is 2.99. The van der Waals surface area contributed by atoms with E-state index < -0.39 is 0 Å². The molecule has 1 aromatic heterocycles. The summed E-state index contributed by atoms with van der Waals surface area (Å²) in [4.78, 5) is 12.6. The van der Waals surface area contributed by atoms with Crippen LogP contribution < -0.4 is 11.3 Å². The van der Waals surface area contributed by atoms with Gasteiger partial charge < -0.3 is 10.3 Å². The third-order valence-corrected chi connectivity index (χ3v) is 4.07. The second-order valence-electron chi connectivity index (χ2n) is 5.64. The Morgan fingerprint density at radius 1 is 1.28 bits per heavy atom. The monoisotopic (exact) mass is 248 g/mol. The molecule has 0 aliphatic heterocycles. The van der Waals surface area contributed by atoms with Gasteiger partial charge in [0.05, 0.1) is 0 Å². The molecule has 1 aliphatic rings. The lowest BCUT2D eigenvalue weighted by Gasteiger charge is -2.27. The van der Waals surface area contributed by atoms with Crippen LogP contribution in [0.3, 0.4) is 0 Å². The molecule has 0 saturated heterocycles. The summed E-state index contributed by atoms with van der Waals surface area (Å²) >= 11 is 0. The van der Waals surface area contributed by atoms with Gasteiger partial charge in [0.25, 0.3) is 5.56 Å². The average Bonchev–Trinajstić information content (AvgIpc) is 2.28. The summed E-state index contributed by atoms with van der Waals surface area (Å²) in [5.41, 5.74) is 8.97. The van der Waals surface area contributed by atoms with Crippen molar-refractivity contribution >= 4 is 0 Å². The van der Waals surface area contributed by atoms with Gasteiger partial charge in [0, 0.05) is 23.3 Å². The molecule has 0 spiro atoms. The summed E-state index contributed by atoms with van der Waals surface area (Å²) in [6.45, 7) is 5.91. The molecule has 1 saturated carbocycles. The van der Waals surface area contributed by atoms with E-state index in [0.717, 1.165) is 29.7 Å². The normalized spacial score (nSPS) is 18.9. The topological polar surface area (TPSA) is 48.0 Å². The van der Waals surface area contributed by atoms with Gasteiger partial charge in [0.15, 0.2) is 0 Å². The van der Waals surface area contributed by atoms with E-state index in [0.29, 0.717) is 6.04 Å². The molecule has 1 aliphatic carbocycles. The van der Waals surface area contributed by atoms with Gasteiger partial charge in [-0.25, -0.2) is 0 Å². The molecule has 0 radical (unpaired) electrons. The van der Waals surface area contributed by atoms with Crippen molar-refractivity contribution in [1.82, 2.24) is 4.57 Å². The number of aryl methyl sites for hydroxylation is 2. The molecule has 1 heterocycles. The summed E-state index contributed by atoms with van der Waals surface area (Å²) < 4.78 is 1.99. The van der Waals surface area contributed by atoms with Crippen LogP contribution in [-0.2, 0) is 0 Å². The van der Waals surface area contributed by atoms with Gasteiger partial charge >= 0.3 is 0 Å². The molecule has 1 atom stereocenters. The third kappa shape index (κ3) is 2.37. The highest BCUT2D eigenvalue weighted by atomic mass is 16.1.